The lowest BCUT2D eigenvalue weighted by Gasteiger charge is -2.04. The molecule has 1 atom stereocenters. The molecule has 0 aromatic carbocycles. The van der Waals surface area contributed by atoms with Gasteiger partial charge in [0.15, 0.2) is 0 Å². The van der Waals surface area contributed by atoms with Crippen LogP contribution in [0.4, 0.5) is 0 Å². The second-order valence-electron chi connectivity index (χ2n) is 5.90. The number of hydrogen-bond acceptors (Lipinski definition) is 2. The summed E-state index contributed by atoms with van der Waals surface area (Å²) in [4.78, 5) is 10.3. The van der Waals surface area contributed by atoms with Crippen LogP contribution >= 0.6 is 0 Å². The highest BCUT2D eigenvalue weighted by Gasteiger charge is 1.98. The van der Waals surface area contributed by atoms with Crippen molar-refractivity contribution in [3.8, 4) is 0 Å². The minimum Gasteiger partial charge on any atom is -0.481 e. The third-order valence-electron chi connectivity index (χ3n) is 3.58. The Bertz CT molecular complexity index is 356. The van der Waals surface area contributed by atoms with Crippen LogP contribution in [0.1, 0.15) is 77.6 Å². The second kappa shape index (κ2) is 17.0. The van der Waals surface area contributed by atoms with E-state index in [0.717, 1.165) is 32.1 Å². The van der Waals surface area contributed by atoms with Crippen molar-refractivity contribution in [1.82, 2.24) is 0 Å². The predicted molar refractivity (Wildman–Crippen MR) is 97.5 cm³/mol. The Hall–Kier alpha value is -1.35. The number of aliphatic hydroxyl groups excluding tert-OH is 1. The molecule has 0 amide bonds. The van der Waals surface area contributed by atoms with Gasteiger partial charge in [-0.15, -0.1) is 0 Å². The van der Waals surface area contributed by atoms with Gasteiger partial charge in [-0.2, -0.15) is 0 Å². The molecule has 0 aromatic rings. The molecule has 0 fully saturated rings. The van der Waals surface area contributed by atoms with Crippen LogP contribution in [0.5, 0.6) is 0 Å². The summed E-state index contributed by atoms with van der Waals surface area (Å²) >= 11 is 0. The standard InChI is InChI=1S/C20H34O3/c1-2-3-4-5-7-10-13-16-19(21)17-14-11-8-6-9-12-15-18-20(22)23/h6-7,9-11,14,19,21H,2-5,8,12-13,15-18H2,1H3,(H,22,23)/t19-/m1/s1. The molecule has 0 aromatic heterocycles. The first kappa shape index (κ1) is 21.6. The highest BCUT2D eigenvalue weighted by Crippen LogP contribution is 2.06. The highest BCUT2D eigenvalue weighted by molar-refractivity contribution is 5.66. The fourth-order valence-corrected chi connectivity index (χ4v) is 2.17. The molecule has 23 heavy (non-hydrogen) atoms. The number of allylic oxidation sites excluding steroid dienone is 5. The Morgan fingerprint density at radius 2 is 1.57 bits per heavy atom. The largest absolute Gasteiger partial charge is 0.481 e. The van der Waals surface area contributed by atoms with Gasteiger partial charge in [0.2, 0.25) is 0 Å². The number of aliphatic carboxylic acids is 1. The minimum absolute atomic E-state index is 0.236. The van der Waals surface area contributed by atoms with E-state index >= 15 is 0 Å². The van der Waals surface area contributed by atoms with E-state index < -0.39 is 5.97 Å². The fraction of sp³-hybridized carbons (Fsp3) is 0.650. The molecule has 0 rings (SSSR count). The summed E-state index contributed by atoms with van der Waals surface area (Å²) in [5.74, 6) is -0.733. The summed E-state index contributed by atoms with van der Waals surface area (Å²) in [6, 6.07) is 0. The lowest BCUT2D eigenvalue weighted by Crippen LogP contribution is -2.03. The van der Waals surface area contributed by atoms with Crippen LogP contribution in [0.2, 0.25) is 0 Å². The average molecular weight is 322 g/mol. The van der Waals surface area contributed by atoms with Crippen LogP contribution in [0, 0.1) is 0 Å². The van der Waals surface area contributed by atoms with Gasteiger partial charge in [0.05, 0.1) is 6.10 Å². The van der Waals surface area contributed by atoms with Crippen molar-refractivity contribution in [2.45, 2.75) is 83.7 Å². The molecule has 0 saturated carbocycles. The van der Waals surface area contributed by atoms with Crippen LogP contribution in [0.25, 0.3) is 0 Å². The lowest BCUT2D eigenvalue weighted by molar-refractivity contribution is -0.137. The van der Waals surface area contributed by atoms with E-state index in [1.54, 1.807) is 0 Å². The molecule has 0 aliphatic heterocycles. The van der Waals surface area contributed by atoms with Crippen molar-refractivity contribution in [2.75, 3.05) is 0 Å². The van der Waals surface area contributed by atoms with E-state index in [0.29, 0.717) is 12.8 Å². The van der Waals surface area contributed by atoms with Crippen LogP contribution < -0.4 is 0 Å². The summed E-state index contributed by atoms with van der Waals surface area (Å²) in [6.07, 6.45) is 22.3. The van der Waals surface area contributed by atoms with E-state index in [-0.39, 0.29) is 12.5 Å². The Balaban J connectivity index is 3.48. The molecule has 3 heteroatoms. The smallest absolute Gasteiger partial charge is 0.303 e. The van der Waals surface area contributed by atoms with Gasteiger partial charge in [0, 0.05) is 6.42 Å². The molecule has 0 saturated heterocycles. The number of unbranched alkanes of at least 4 members (excludes halogenated alkanes) is 4. The maximum absolute atomic E-state index is 10.3. The Morgan fingerprint density at radius 1 is 0.913 bits per heavy atom. The molecule has 0 heterocycles. The van der Waals surface area contributed by atoms with E-state index in [1.165, 1.54) is 19.3 Å². The Kier molecular flexibility index (Phi) is 16.0. The van der Waals surface area contributed by atoms with Crippen molar-refractivity contribution < 1.29 is 15.0 Å². The molecule has 0 unspecified atom stereocenters. The normalized spacial score (nSPS) is 13.5. The van der Waals surface area contributed by atoms with Gasteiger partial charge >= 0.3 is 5.97 Å². The van der Waals surface area contributed by atoms with Gasteiger partial charge in [-0.3, -0.25) is 4.79 Å². The number of aliphatic hydroxyl groups is 1. The predicted octanol–water partition coefficient (Wildman–Crippen LogP) is 5.41. The highest BCUT2D eigenvalue weighted by atomic mass is 16.4. The summed E-state index contributed by atoms with van der Waals surface area (Å²) in [7, 11) is 0. The van der Waals surface area contributed by atoms with Gasteiger partial charge in [0.1, 0.15) is 0 Å². The van der Waals surface area contributed by atoms with Crippen molar-refractivity contribution in [3.63, 3.8) is 0 Å². The summed E-state index contributed by atoms with van der Waals surface area (Å²) < 4.78 is 0. The molecule has 0 aliphatic rings. The van der Waals surface area contributed by atoms with Crippen molar-refractivity contribution >= 4 is 5.97 Å². The summed E-state index contributed by atoms with van der Waals surface area (Å²) in [5.41, 5.74) is 0. The van der Waals surface area contributed by atoms with E-state index in [4.69, 9.17) is 5.11 Å². The average Bonchev–Trinajstić information content (AvgIpc) is 2.52. The molecule has 0 spiro atoms. The fourth-order valence-electron chi connectivity index (χ4n) is 2.17. The number of rotatable bonds is 15. The van der Waals surface area contributed by atoms with Crippen LogP contribution in [0.15, 0.2) is 36.5 Å². The first-order valence-electron chi connectivity index (χ1n) is 9.01. The number of carboxylic acid groups (broad SMARTS) is 1. The minimum atomic E-state index is -0.733. The molecule has 3 nitrogen and oxygen atoms in total. The zero-order valence-corrected chi connectivity index (χ0v) is 14.6. The van der Waals surface area contributed by atoms with Crippen molar-refractivity contribution in [3.05, 3.63) is 36.5 Å². The monoisotopic (exact) mass is 322 g/mol. The number of carboxylic acids is 1. The van der Waals surface area contributed by atoms with E-state index in [1.807, 2.05) is 18.2 Å². The summed E-state index contributed by atoms with van der Waals surface area (Å²) in [6.45, 7) is 2.21. The molecule has 2 N–H and O–H groups in total. The van der Waals surface area contributed by atoms with E-state index in [2.05, 4.69) is 25.2 Å². The maximum Gasteiger partial charge on any atom is 0.303 e. The van der Waals surface area contributed by atoms with Crippen LogP contribution in [0.3, 0.4) is 0 Å². The molecular weight excluding hydrogens is 288 g/mol. The van der Waals surface area contributed by atoms with Crippen LogP contribution in [-0.2, 0) is 4.79 Å². The van der Waals surface area contributed by atoms with Gasteiger partial charge < -0.3 is 10.2 Å². The van der Waals surface area contributed by atoms with Gasteiger partial charge in [-0.1, -0.05) is 56.2 Å². The first-order valence-corrected chi connectivity index (χ1v) is 9.01. The lowest BCUT2D eigenvalue weighted by atomic mass is 10.1. The SMILES string of the molecule is CCCCCC=CCC[C@@H](O)CC=CCC=CCCCC(=O)O. The molecule has 0 bridgehead atoms. The van der Waals surface area contributed by atoms with Crippen LogP contribution in [-0.4, -0.2) is 22.3 Å². The van der Waals surface area contributed by atoms with E-state index in [9.17, 15) is 9.90 Å². The molecule has 0 radical (unpaired) electrons. The zero-order chi connectivity index (χ0) is 17.2. The van der Waals surface area contributed by atoms with Crippen molar-refractivity contribution in [2.24, 2.45) is 0 Å². The quantitative estimate of drug-likeness (QED) is 0.313. The Labute approximate surface area is 141 Å². The van der Waals surface area contributed by atoms with Gasteiger partial charge in [0.25, 0.3) is 0 Å². The van der Waals surface area contributed by atoms with Gasteiger partial charge in [-0.25, -0.2) is 0 Å². The third-order valence-corrected chi connectivity index (χ3v) is 3.58. The third kappa shape index (κ3) is 18.6. The molecular formula is C20H34O3. The zero-order valence-electron chi connectivity index (χ0n) is 14.6. The topological polar surface area (TPSA) is 57.5 Å². The maximum atomic E-state index is 10.3. The van der Waals surface area contributed by atoms with Gasteiger partial charge in [-0.05, 0) is 51.4 Å². The molecule has 132 valence electrons. The van der Waals surface area contributed by atoms with Crippen molar-refractivity contribution in [1.29, 1.82) is 0 Å². The number of carbonyl (C=O) groups is 1. The Morgan fingerprint density at radius 3 is 2.30 bits per heavy atom. The molecule has 0 aliphatic carbocycles. The number of hydrogen-bond donors (Lipinski definition) is 2. The summed E-state index contributed by atoms with van der Waals surface area (Å²) in [5, 5.41) is 18.4. The second-order valence-corrected chi connectivity index (χ2v) is 5.90. The first-order chi connectivity index (χ1) is 11.2.